The van der Waals surface area contributed by atoms with Gasteiger partial charge in [-0.2, -0.15) is 0 Å². The standard InChI is InChI=1S/C68H47N/c1-67(2)59-14-6-5-13-55(59)57-31-28-53(38-61(57)67)69(52-26-23-40(24-27-52)50-33-46-19-15-41-9-7-10-42-16-20-47(34-50)65(46)63(41)42)54-29-32-58-56-30-25-45(37-60(56)68(3,4)62(58)39-54)51-35-48-21-17-43-11-8-12-44-18-22-49(36-51)66(48)64(43)44/h5-39H,1-4H3. The van der Waals surface area contributed by atoms with E-state index in [2.05, 4.69) is 245 Å². The van der Waals surface area contributed by atoms with Gasteiger partial charge in [0.05, 0.1) is 0 Å². The molecule has 0 amide bonds. The van der Waals surface area contributed by atoms with E-state index in [1.54, 1.807) is 0 Å². The van der Waals surface area contributed by atoms with E-state index < -0.39 is 0 Å². The Morgan fingerprint density at radius 3 is 1.12 bits per heavy atom. The predicted octanol–water partition coefficient (Wildman–Crippen LogP) is 18.9. The molecule has 0 aromatic heterocycles. The average Bonchev–Trinajstić information content (AvgIpc) is 3.75. The molecular weight excluding hydrogens is 831 g/mol. The summed E-state index contributed by atoms with van der Waals surface area (Å²) in [6.45, 7) is 9.58. The van der Waals surface area contributed by atoms with E-state index in [4.69, 9.17) is 0 Å². The molecule has 0 unspecified atom stereocenters. The molecule has 2 aliphatic rings. The van der Waals surface area contributed by atoms with E-state index in [-0.39, 0.29) is 10.8 Å². The van der Waals surface area contributed by atoms with Crippen molar-refractivity contribution in [2.45, 2.75) is 38.5 Å². The van der Waals surface area contributed by atoms with Gasteiger partial charge in [-0.15, -0.1) is 0 Å². The van der Waals surface area contributed by atoms with Crippen LogP contribution in [0.3, 0.4) is 0 Å². The lowest BCUT2D eigenvalue weighted by molar-refractivity contribution is 0.660. The minimum atomic E-state index is -0.221. The average molecular weight is 878 g/mol. The van der Waals surface area contributed by atoms with Crippen LogP contribution in [-0.2, 0) is 10.8 Å². The first-order chi connectivity index (χ1) is 33.7. The monoisotopic (exact) mass is 877 g/mol. The Balaban J connectivity index is 0.843. The maximum Gasteiger partial charge on any atom is 0.0465 e. The molecule has 0 radical (unpaired) electrons. The van der Waals surface area contributed by atoms with Crippen LogP contribution in [0.2, 0.25) is 0 Å². The largest absolute Gasteiger partial charge is 0.310 e. The second-order valence-electron chi connectivity index (χ2n) is 20.9. The van der Waals surface area contributed by atoms with Gasteiger partial charge >= 0.3 is 0 Å². The summed E-state index contributed by atoms with van der Waals surface area (Å²) in [7, 11) is 0. The molecule has 69 heavy (non-hydrogen) atoms. The normalized spacial score (nSPS) is 14.3. The Kier molecular flexibility index (Phi) is 7.70. The number of nitrogens with zero attached hydrogens (tertiary/aromatic N) is 1. The topological polar surface area (TPSA) is 3.24 Å². The molecule has 15 rings (SSSR count). The van der Waals surface area contributed by atoms with Gasteiger partial charge in [-0.1, -0.05) is 173 Å². The van der Waals surface area contributed by atoms with Gasteiger partial charge in [-0.05, 0) is 198 Å². The van der Waals surface area contributed by atoms with Gasteiger partial charge in [0.15, 0.2) is 0 Å². The van der Waals surface area contributed by atoms with Crippen molar-refractivity contribution in [3.63, 3.8) is 0 Å². The molecule has 324 valence electrons. The summed E-state index contributed by atoms with van der Waals surface area (Å²) < 4.78 is 0. The zero-order chi connectivity index (χ0) is 45.9. The summed E-state index contributed by atoms with van der Waals surface area (Å²) in [5, 5.41) is 15.8. The number of hydrogen-bond donors (Lipinski definition) is 0. The number of benzene rings is 13. The van der Waals surface area contributed by atoms with Crippen LogP contribution < -0.4 is 4.90 Å². The highest BCUT2D eigenvalue weighted by molar-refractivity contribution is 6.25. The van der Waals surface area contributed by atoms with Crippen LogP contribution in [0.4, 0.5) is 17.1 Å². The maximum absolute atomic E-state index is 2.48. The van der Waals surface area contributed by atoms with Gasteiger partial charge in [0, 0.05) is 27.9 Å². The molecule has 0 saturated heterocycles. The van der Waals surface area contributed by atoms with Crippen LogP contribution >= 0.6 is 0 Å². The van der Waals surface area contributed by atoms with Crippen LogP contribution in [0.25, 0.3) is 109 Å². The lowest BCUT2D eigenvalue weighted by atomic mass is 9.81. The van der Waals surface area contributed by atoms with Crippen molar-refractivity contribution in [3.8, 4) is 44.5 Å². The van der Waals surface area contributed by atoms with Crippen molar-refractivity contribution in [2.24, 2.45) is 0 Å². The first-order valence-corrected chi connectivity index (χ1v) is 24.5. The quantitative estimate of drug-likeness (QED) is 0.156. The summed E-state index contributed by atoms with van der Waals surface area (Å²) in [5.74, 6) is 0. The van der Waals surface area contributed by atoms with Crippen LogP contribution in [0.1, 0.15) is 49.9 Å². The zero-order valence-corrected chi connectivity index (χ0v) is 39.2. The molecule has 0 spiro atoms. The van der Waals surface area contributed by atoms with Gasteiger partial charge in [0.25, 0.3) is 0 Å². The summed E-state index contributed by atoms with van der Waals surface area (Å²) in [5.41, 5.74) is 18.9. The van der Waals surface area contributed by atoms with Crippen molar-refractivity contribution in [1.82, 2.24) is 0 Å². The van der Waals surface area contributed by atoms with Crippen molar-refractivity contribution < 1.29 is 0 Å². The minimum Gasteiger partial charge on any atom is -0.310 e. The highest BCUT2D eigenvalue weighted by Crippen LogP contribution is 2.54. The van der Waals surface area contributed by atoms with Crippen molar-refractivity contribution >= 4 is 81.7 Å². The number of rotatable bonds is 5. The van der Waals surface area contributed by atoms with Crippen LogP contribution in [0.15, 0.2) is 212 Å². The third kappa shape index (κ3) is 5.42. The SMILES string of the molecule is CC1(C)c2ccccc2-c2ccc(N(c3ccc(-c4cc5ccc6cccc7ccc(c4)c5c67)cc3)c3ccc4c(c3)C(C)(C)c3cc(-c5cc6ccc7cccc8ccc(c5)c6c78)ccc3-4)cc21. The molecule has 1 nitrogen and oxygen atoms in total. The lowest BCUT2D eigenvalue weighted by Gasteiger charge is -2.30. The Morgan fingerprint density at radius 2 is 0.609 bits per heavy atom. The van der Waals surface area contributed by atoms with Gasteiger partial charge < -0.3 is 4.90 Å². The fourth-order valence-electron chi connectivity index (χ4n) is 13.0. The molecule has 2 aliphatic carbocycles. The van der Waals surface area contributed by atoms with E-state index in [1.165, 1.54) is 131 Å². The molecule has 0 atom stereocenters. The van der Waals surface area contributed by atoms with Gasteiger partial charge in [0.2, 0.25) is 0 Å². The maximum atomic E-state index is 2.48. The number of hydrogen-bond acceptors (Lipinski definition) is 1. The molecule has 13 aromatic carbocycles. The Labute approximate surface area is 402 Å². The molecule has 1 heteroatoms. The predicted molar refractivity (Wildman–Crippen MR) is 295 cm³/mol. The highest BCUT2D eigenvalue weighted by Gasteiger charge is 2.38. The van der Waals surface area contributed by atoms with Crippen molar-refractivity contribution in [2.75, 3.05) is 4.90 Å². The minimum absolute atomic E-state index is 0.122. The molecule has 0 fully saturated rings. The van der Waals surface area contributed by atoms with E-state index >= 15 is 0 Å². The summed E-state index contributed by atoms with van der Waals surface area (Å²) in [6, 6.07) is 80.8. The Hall–Kier alpha value is -8.26. The lowest BCUT2D eigenvalue weighted by Crippen LogP contribution is -2.18. The third-order valence-electron chi connectivity index (χ3n) is 16.5. The van der Waals surface area contributed by atoms with E-state index in [0.29, 0.717) is 0 Å². The molecule has 0 bridgehead atoms. The van der Waals surface area contributed by atoms with Gasteiger partial charge in [0.1, 0.15) is 0 Å². The van der Waals surface area contributed by atoms with Crippen LogP contribution in [0.5, 0.6) is 0 Å². The van der Waals surface area contributed by atoms with Crippen LogP contribution in [-0.4, -0.2) is 0 Å². The summed E-state index contributed by atoms with van der Waals surface area (Å²) >= 11 is 0. The molecule has 0 N–H and O–H groups in total. The van der Waals surface area contributed by atoms with E-state index in [1.807, 2.05) is 0 Å². The second kappa shape index (κ2) is 13.7. The molecule has 13 aromatic rings. The molecule has 0 heterocycles. The van der Waals surface area contributed by atoms with Gasteiger partial charge in [-0.3, -0.25) is 0 Å². The summed E-state index contributed by atoms with van der Waals surface area (Å²) in [4.78, 5) is 2.48. The fourth-order valence-corrected chi connectivity index (χ4v) is 13.0. The third-order valence-corrected chi connectivity index (χ3v) is 16.5. The van der Waals surface area contributed by atoms with Crippen molar-refractivity contribution in [3.05, 3.63) is 235 Å². The molecule has 0 aliphatic heterocycles. The Morgan fingerprint density at radius 1 is 0.246 bits per heavy atom. The number of fused-ring (bicyclic) bond motifs is 6. The summed E-state index contributed by atoms with van der Waals surface area (Å²) in [6.07, 6.45) is 0. The Bertz CT molecular complexity index is 4170. The molecule has 0 saturated carbocycles. The first kappa shape index (κ1) is 38.8. The van der Waals surface area contributed by atoms with Crippen LogP contribution in [0, 0.1) is 0 Å². The highest BCUT2D eigenvalue weighted by atomic mass is 15.1. The second-order valence-corrected chi connectivity index (χ2v) is 20.9. The zero-order valence-electron chi connectivity index (χ0n) is 39.2. The van der Waals surface area contributed by atoms with E-state index in [9.17, 15) is 0 Å². The van der Waals surface area contributed by atoms with E-state index in [0.717, 1.165) is 17.1 Å². The first-order valence-electron chi connectivity index (χ1n) is 24.5. The fraction of sp³-hybridized carbons (Fsp3) is 0.0882. The number of anilines is 3. The van der Waals surface area contributed by atoms with Crippen molar-refractivity contribution in [1.29, 1.82) is 0 Å². The smallest absolute Gasteiger partial charge is 0.0465 e. The van der Waals surface area contributed by atoms with Gasteiger partial charge in [-0.25, -0.2) is 0 Å². The molecular formula is C68H47N.